The number of ether oxygens (including phenoxy) is 3. The molecule has 48 heavy (non-hydrogen) atoms. The fraction of sp³-hybridized carbons (Fsp3) is 0.389. The van der Waals surface area contributed by atoms with Crippen LogP contribution in [-0.2, 0) is 14.3 Å². The van der Waals surface area contributed by atoms with E-state index in [1.54, 1.807) is 0 Å². The van der Waals surface area contributed by atoms with Crippen LogP contribution >= 0.6 is 11.6 Å². The Morgan fingerprint density at radius 1 is 0.875 bits per heavy atom. The molecule has 2 fully saturated rings. The Morgan fingerprint density at radius 3 is 2.27 bits per heavy atom. The summed E-state index contributed by atoms with van der Waals surface area (Å²) in [7, 11) is 1.42. The van der Waals surface area contributed by atoms with E-state index in [4.69, 9.17) is 25.8 Å². The summed E-state index contributed by atoms with van der Waals surface area (Å²) in [5.41, 5.74) is 3.22. The Labute approximate surface area is 285 Å². The molecule has 3 aromatic carbocycles. The number of amides is 3. The highest BCUT2D eigenvalue weighted by molar-refractivity contribution is 6.34. The molecule has 11 nitrogen and oxygen atoms in total. The van der Waals surface area contributed by atoms with Crippen molar-refractivity contribution in [3.05, 3.63) is 77.3 Å². The molecular weight excluding hydrogens is 636 g/mol. The Morgan fingerprint density at radius 2 is 1.56 bits per heavy atom. The van der Waals surface area contributed by atoms with Crippen LogP contribution in [0.5, 0.6) is 5.75 Å². The minimum Gasteiger partial charge on any atom is -0.496 e. The van der Waals surface area contributed by atoms with Gasteiger partial charge in [0.2, 0.25) is 5.91 Å². The topological polar surface area (TPSA) is 127 Å². The molecule has 0 unspecified atom stereocenters. The Hall–Kier alpha value is -4.61. The molecule has 0 bridgehead atoms. The van der Waals surface area contributed by atoms with Crippen LogP contribution in [-0.4, -0.2) is 86.7 Å². The molecule has 2 heterocycles. The average molecular weight is 677 g/mol. The van der Waals surface area contributed by atoms with Gasteiger partial charge in [-0.15, -0.1) is 0 Å². The molecule has 0 aromatic heterocycles. The number of carbonyl (C=O) groups is 4. The summed E-state index contributed by atoms with van der Waals surface area (Å²) in [6.45, 7) is 3.63. The molecule has 0 saturated carbocycles. The molecule has 0 radical (unpaired) electrons. The van der Waals surface area contributed by atoms with Crippen molar-refractivity contribution in [3.63, 3.8) is 0 Å². The maximum Gasteiger partial charge on any atom is 0.411 e. The Bertz CT molecular complexity index is 1570. The van der Waals surface area contributed by atoms with Gasteiger partial charge in [-0.3, -0.25) is 20.2 Å². The number of methoxy groups -OCH3 is 1. The molecule has 0 atom stereocenters. The largest absolute Gasteiger partial charge is 0.496 e. The molecule has 0 aliphatic carbocycles. The number of hydrogen-bond donors (Lipinski definition) is 2. The van der Waals surface area contributed by atoms with Gasteiger partial charge in [-0.2, -0.15) is 0 Å². The lowest BCUT2D eigenvalue weighted by Gasteiger charge is -2.34. The summed E-state index contributed by atoms with van der Waals surface area (Å²) in [5.74, 6) is 0.552. The monoisotopic (exact) mass is 676 g/mol. The number of hydrogen-bond acceptors (Lipinski definition) is 8. The predicted octanol–water partition coefficient (Wildman–Crippen LogP) is 6.72. The van der Waals surface area contributed by atoms with Crippen molar-refractivity contribution >= 4 is 47.4 Å². The third-order valence-corrected chi connectivity index (χ3v) is 9.11. The summed E-state index contributed by atoms with van der Waals surface area (Å²) in [6, 6.07) is 20.4. The first kappa shape index (κ1) is 34.7. The van der Waals surface area contributed by atoms with Crippen LogP contribution in [0.3, 0.4) is 0 Å². The van der Waals surface area contributed by atoms with Crippen molar-refractivity contribution in [3.8, 4) is 16.9 Å². The number of benzene rings is 3. The first-order valence-electron chi connectivity index (χ1n) is 16.2. The van der Waals surface area contributed by atoms with Gasteiger partial charge in [0.05, 0.1) is 35.7 Å². The molecule has 2 N–H and O–H groups in total. The van der Waals surface area contributed by atoms with Gasteiger partial charge in [0, 0.05) is 50.8 Å². The number of piperidine rings is 2. The number of nitrogens with zero attached hydrogens (tertiary/aromatic N) is 2. The summed E-state index contributed by atoms with van der Waals surface area (Å²) in [6.07, 6.45) is 2.67. The maximum absolute atomic E-state index is 12.9. The number of aldehydes is 1. The van der Waals surface area contributed by atoms with Crippen molar-refractivity contribution in [1.82, 2.24) is 9.80 Å². The highest BCUT2D eigenvalue weighted by Crippen LogP contribution is 2.31. The van der Waals surface area contributed by atoms with Crippen molar-refractivity contribution in [1.29, 1.82) is 0 Å². The zero-order valence-electron chi connectivity index (χ0n) is 27.0. The number of carbonyl (C=O) groups excluding carboxylic acids is 4. The fourth-order valence-electron chi connectivity index (χ4n) is 6.04. The summed E-state index contributed by atoms with van der Waals surface area (Å²) < 4.78 is 16.3. The van der Waals surface area contributed by atoms with Gasteiger partial charge in [-0.25, -0.2) is 9.59 Å². The van der Waals surface area contributed by atoms with Gasteiger partial charge in [-0.05, 0) is 49.3 Å². The highest BCUT2D eigenvalue weighted by Gasteiger charge is 2.26. The quantitative estimate of drug-likeness (QED) is 0.215. The van der Waals surface area contributed by atoms with Crippen LogP contribution in [0.2, 0.25) is 5.02 Å². The van der Waals surface area contributed by atoms with Gasteiger partial charge in [0.15, 0.2) is 6.29 Å². The molecular formula is C36H41ClN4O7. The maximum atomic E-state index is 12.9. The predicted molar refractivity (Wildman–Crippen MR) is 184 cm³/mol. The van der Waals surface area contributed by atoms with Crippen molar-refractivity contribution < 1.29 is 33.4 Å². The smallest absolute Gasteiger partial charge is 0.411 e. The third-order valence-electron chi connectivity index (χ3n) is 8.80. The van der Waals surface area contributed by atoms with Gasteiger partial charge in [0.1, 0.15) is 11.9 Å². The van der Waals surface area contributed by atoms with Gasteiger partial charge in [-0.1, -0.05) is 60.1 Å². The minimum atomic E-state index is -0.653. The number of rotatable bonds is 11. The van der Waals surface area contributed by atoms with Gasteiger partial charge >= 0.3 is 12.2 Å². The van der Waals surface area contributed by atoms with E-state index in [0.717, 1.165) is 37.1 Å². The standard InChI is InChI=1S/C36H41ClN4O7/c1-46-33-22-32(30(37)21-27(33)23-42)39-35(44)47-24-25-11-19-41(20-12-25)34(43)15-18-40-16-13-28(14-17-40)48-36(45)38-31-10-6-5-9-29(31)26-7-3-2-4-8-26/h2-10,21-23,25,28H,11-20,24H2,1H3,(H,38,45)(H,39,44). The average Bonchev–Trinajstić information content (AvgIpc) is 3.11. The molecule has 12 heteroatoms. The first-order valence-corrected chi connectivity index (χ1v) is 16.6. The van der Waals surface area contributed by atoms with Crippen LogP contribution in [0.4, 0.5) is 21.0 Å². The van der Waals surface area contributed by atoms with E-state index < -0.39 is 12.2 Å². The number of anilines is 2. The van der Waals surface area contributed by atoms with E-state index in [1.807, 2.05) is 59.5 Å². The fourth-order valence-corrected chi connectivity index (χ4v) is 6.26. The number of halogens is 1. The van der Waals surface area contributed by atoms with Crippen molar-refractivity contribution in [2.75, 3.05) is 57.1 Å². The van der Waals surface area contributed by atoms with Crippen molar-refractivity contribution in [2.24, 2.45) is 5.92 Å². The molecule has 2 saturated heterocycles. The van der Waals surface area contributed by atoms with E-state index >= 15 is 0 Å². The van der Waals surface area contributed by atoms with E-state index in [1.165, 1.54) is 19.2 Å². The third kappa shape index (κ3) is 9.48. The normalized spacial score (nSPS) is 15.8. The molecule has 0 spiro atoms. The lowest BCUT2D eigenvalue weighted by molar-refractivity contribution is -0.133. The number of nitrogens with one attached hydrogen (secondary N) is 2. The molecule has 2 aliphatic heterocycles. The van der Waals surface area contributed by atoms with Crippen LogP contribution in [0.1, 0.15) is 42.5 Å². The van der Waals surface area contributed by atoms with Gasteiger partial charge in [0.25, 0.3) is 0 Å². The Kier molecular flexibility index (Phi) is 12.3. The second-order valence-corrected chi connectivity index (χ2v) is 12.4. The van der Waals surface area contributed by atoms with E-state index in [2.05, 4.69) is 15.5 Å². The van der Waals surface area contributed by atoms with Crippen LogP contribution in [0.25, 0.3) is 11.1 Å². The molecule has 5 rings (SSSR count). The SMILES string of the molecule is COc1cc(NC(=O)OCC2CCN(C(=O)CCN3CCC(OC(=O)Nc4ccccc4-c4ccccc4)CC3)CC2)c(Cl)cc1C=O. The minimum absolute atomic E-state index is 0.115. The number of para-hydroxylation sites is 1. The second-order valence-electron chi connectivity index (χ2n) is 12.0. The first-order chi connectivity index (χ1) is 23.3. The molecule has 254 valence electrons. The van der Waals surface area contributed by atoms with Crippen LogP contribution < -0.4 is 15.4 Å². The second kappa shape index (κ2) is 17.0. The van der Waals surface area contributed by atoms with E-state index in [9.17, 15) is 19.2 Å². The zero-order valence-corrected chi connectivity index (χ0v) is 27.7. The highest BCUT2D eigenvalue weighted by atomic mass is 35.5. The number of likely N-dealkylation sites (tertiary alicyclic amines) is 2. The lowest BCUT2D eigenvalue weighted by atomic mass is 9.97. The van der Waals surface area contributed by atoms with Crippen LogP contribution in [0.15, 0.2) is 66.7 Å². The van der Waals surface area contributed by atoms with E-state index in [0.29, 0.717) is 56.6 Å². The summed E-state index contributed by atoms with van der Waals surface area (Å²) in [4.78, 5) is 53.3. The van der Waals surface area contributed by atoms with E-state index in [-0.39, 0.29) is 40.8 Å². The van der Waals surface area contributed by atoms with Gasteiger partial charge < -0.3 is 24.0 Å². The molecule has 3 amide bonds. The zero-order chi connectivity index (χ0) is 33.9. The summed E-state index contributed by atoms with van der Waals surface area (Å²) >= 11 is 6.18. The summed E-state index contributed by atoms with van der Waals surface area (Å²) in [5, 5.41) is 5.70. The lowest BCUT2D eigenvalue weighted by Crippen LogP contribution is -2.43. The van der Waals surface area contributed by atoms with Crippen LogP contribution in [0, 0.1) is 5.92 Å². The molecule has 3 aromatic rings. The molecule has 2 aliphatic rings. The Balaban J connectivity index is 0.965. The van der Waals surface area contributed by atoms with Crippen molar-refractivity contribution in [2.45, 2.75) is 38.2 Å².